The Bertz CT molecular complexity index is 915. The van der Waals surface area contributed by atoms with Crippen molar-refractivity contribution in [2.45, 2.75) is 50.4 Å². The maximum absolute atomic E-state index is 12.2. The third-order valence-corrected chi connectivity index (χ3v) is 5.92. The molecule has 1 fully saturated rings. The lowest BCUT2D eigenvalue weighted by Crippen LogP contribution is -2.24. The van der Waals surface area contributed by atoms with Crippen molar-refractivity contribution in [1.29, 1.82) is 0 Å². The van der Waals surface area contributed by atoms with E-state index in [9.17, 15) is 14.8 Å². The first kappa shape index (κ1) is 22.7. The van der Waals surface area contributed by atoms with E-state index in [0.29, 0.717) is 31.4 Å². The number of carbonyl (C=O) groups excluding carboxylic acids is 1. The maximum Gasteiger partial charge on any atom is 0.306 e. The summed E-state index contributed by atoms with van der Waals surface area (Å²) >= 11 is 0. The van der Waals surface area contributed by atoms with Crippen LogP contribution in [0.1, 0.15) is 43.9 Å². The zero-order valence-corrected chi connectivity index (χ0v) is 17.7. The van der Waals surface area contributed by atoms with Gasteiger partial charge >= 0.3 is 5.97 Å². The van der Waals surface area contributed by atoms with E-state index in [1.54, 1.807) is 18.2 Å². The molecule has 2 N–H and O–H groups in total. The van der Waals surface area contributed by atoms with Gasteiger partial charge in [0.2, 0.25) is 0 Å². The molecule has 0 amide bonds. The van der Waals surface area contributed by atoms with Gasteiger partial charge in [-0.3, -0.25) is 4.79 Å². The van der Waals surface area contributed by atoms with Crippen LogP contribution < -0.4 is 0 Å². The first-order valence-electron chi connectivity index (χ1n) is 10.7. The summed E-state index contributed by atoms with van der Waals surface area (Å²) in [5.41, 5.74) is 1.63. The summed E-state index contributed by atoms with van der Waals surface area (Å²) in [6, 6.07) is 9.20. The van der Waals surface area contributed by atoms with Crippen molar-refractivity contribution < 1.29 is 14.6 Å². The Labute approximate surface area is 182 Å². The molecule has 1 aromatic heterocycles. The largest absolute Gasteiger partial charge is 0.462 e. The lowest BCUT2D eigenvalue weighted by Gasteiger charge is -2.22. The van der Waals surface area contributed by atoms with E-state index in [4.69, 9.17) is 4.74 Å². The van der Waals surface area contributed by atoms with Crippen molar-refractivity contribution in [2.24, 2.45) is 17.0 Å². The zero-order chi connectivity index (χ0) is 22.2. The molecule has 2 aromatic rings. The molecule has 0 unspecified atom stereocenters. The van der Waals surface area contributed by atoms with Crippen molar-refractivity contribution in [3.8, 4) is 0 Å². The summed E-state index contributed by atoms with van der Waals surface area (Å²) in [6.45, 7) is 7.47. The number of aromatic nitrogens is 1. The molecule has 3 rings (SSSR count). The number of unbranched alkanes of at least 4 members (excludes halogenated alkanes) is 1. The van der Waals surface area contributed by atoms with Gasteiger partial charge < -0.3 is 14.8 Å². The van der Waals surface area contributed by atoms with Crippen LogP contribution in [0.3, 0.4) is 0 Å². The van der Waals surface area contributed by atoms with E-state index in [2.05, 4.69) is 23.3 Å². The van der Waals surface area contributed by atoms with Gasteiger partial charge in [-0.15, -0.1) is 13.2 Å². The van der Waals surface area contributed by atoms with E-state index in [1.807, 2.05) is 36.4 Å². The van der Waals surface area contributed by atoms with Crippen LogP contribution in [0.5, 0.6) is 0 Å². The summed E-state index contributed by atoms with van der Waals surface area (Å²) < 4.78 is 5.69. The minimum atomic E-state index is -0.843. The van der Waals surface area contributed by atoms with Gasteiger partial charge in [0.15, 0.2) is 0 Å². The highest BCUT2D eigenvalue weighted by atomic mass is 16.5. The van der Waals surface area contributed by atoms with Gasteiger partial charge in [-0.1, -0.05) is 47.7 Å². The van der Waals surface area contributed by atoms with Crippen molar-refractivity contribution in [3.05, 3.63) is 78.4 Å². The Morgan fingerprint density at radius 1 is 1.32 bits per heavy atom. The monoisotopic (exact) mass is 422 g/mol. The number of hydrogen-bond acceptors (Lipinski definition) is 5. The van der Waals surface area contributed by atoms with Crippen LogP contribution in [0, 0.1) is 16.7 Å². The molecule has 1 aliphatic rings. The second-order valence-electron chi connectivity index (χ2n) is 8.02. The van der Waals surface area contributed by atoms with Crippen LogP contribution in [0.2, 0.25) is 0 Å². The number of allylic oxidation sites excluding steroid dienone is 2. The van der Waals surface area contributed by atoms with Gasteiger partial charge in [0.25, 0.3) is 0 Å². The second-order valence-corrected chi connectivity index (χ2v) is 8.02. The van der Waals surface area contributed by atoms with Gasteiger partial charge in [0.1, 0.15) is 18.2 Å². The quantitative estimate of drug-likeness (QED) is 0.220. The minimum Gasteiger partial charge on any atom is -0.462 e. The fourth-order valence-electron chi connectivity index (χ4n) is 4.34. The predicted molar refractivity (Wildman–Crippen MR) is 122 cm³/mol. The number of fused-ring (bicyclic) bond motifs is 1. The zero-order valence-electron chi connectivity index (χ0n) is 17.7. The molecule has 0 radical (unpaired) electrons. The fraction of sp³-hybridized carbons (Fsp3) is 0.400. The van der Waals surface area contributed by atoms with Crippen LogP contribution in [0.4, 0.5) is 0 Å². The molecule has 164 valence electrons. The Kier molecular flexibility index (Phi) is 7.95. The van der Waals surface area contributed by atoms with Gasteiger partial charge in [-0.2, -0.15) is 4.91 Å². The van der Waals surface area contributed by atoms with E-state index < -0.39 is 18.2 Å². The molecular weight excluding hydrogens is 392 g/mol. The number of aliphatic hydroxyl groups excluding tert-OH is 1. The molecule has 0 bridgehead atoms. The lowest BCUT2D eigenvalue weighted by atomic mass is 9.89. The molecule has 6 nitrogen and oxygen atoms in total. The summed E-state index contributed by atoms with van der Waals surface area (Å²) in [4.78, 5) is 26.9. The third-order valence-electron chi connectivity index (χ3n) is 5.92. The van der Waals surface area contributed by atoms with Crippen molar-refractivity contribution in [2.75, 3.05) is 0 Å². The number of H-pyrrole nitrogens is 1. The van der Waals surface area contributed by atoms with Crippen LogP contribution in [0.15, 0.2) is 73.0 Å². The molecular formula is C25H30N2O4. The SMILES string of the molecule is C=CCCCC(=O)O[C@H]1C[C@@H](N=O)[C@H](/C=C/[C@@H](O)c2cc3ccccc3[nH]2)[C@H]1CC=C. The van der Waals surface area contributed by atoms with Crippen molar-refractivity contribution in [3.63, 3.8) is 0 Å². The van der Waals surface area contributed by atoms with E-state index in [0.717, 1.165) is 17.3 Å². The highest BCUT2D eigenvalue weighted by molar-refractivity contribution is 5.80. The molecule has 1 aromatic carbocycles. The summed E-state index contributed by atoms with van der Waals surface area (Å²) in [5.74, 6) is -0.608. The molecule has 1 heterocycles. The van der Waals surface area contributed by atoms with E-state index >= 15 is 0 Å². The second kappa shape index (κ2) is 10.9. The highest BCUT2D eigenvalue weighted by Crippen LogP contribution is 2.40. The maximum atomic E-state index is 12.2. The summed E-state index contributed by atoms with van der Waals surface area (Å²) in [6.07, 6.45) is 8.56. The first-order chi connectivity index (χ1) is 15.1. The van der Waals surface area contributed by atoms with Crippen molar-refractivity contribution >= 4 is 16.9 Å². The number of nitrogens with zero attached hydrogens (tertiary/aromatic N) is 1. The highest BCUT2D eigenvalue weighted by Gasteiger charge is 2.44. The number of para-hydroxylation sites is 1. The molecule has 31 heavy (non-hydrogen) atoms. The number of hydrogen-bond donors (Lipinski definition) is 2. The van der Waals surface area contributed by atoms with E-state index in [-0.39, 0.29) is 17.8 Å². The Morgan fingerprint density at radius 2 is 2.13 bits per heavy atom. The van der Waals surface area contributed by atoms with Gasteiger partial charge in [-0.05, 0) is 36.8 Å². The normalized spacial score (nSPS) is 24.3. The number of aromatic amines is 1. The van der Waals surface area contributed by atoms with Crippen LogP contribution >= 0.6 is 0 Å². The van der Waals surface area contributed by atoms with E-state index in [1.165, 1.54) is 0 Å². The van der Waals surface area contributed by atoms with Crippen LogP contribution in [-0.4, -0.2) is 28.2 Å². The average Bonchev–Trinajstić information content (AvgIpc) is 3.34. The van der Waals surface area contributed by atoms with Crippen LogP contribution in [0.25, 0.3) is 10.9 Å². The van der Waals surface area contributed by atoms with Gasteiger partial charge in [0, 0.05) is 35.9 Å². The topological polar surface area (TPSA) is 91.8 Å². The number of nitrogens with one attached hydrogen (secondary N) is 1. The van der Waals surface area contributed by atoms with Crippen LogP contribution in [-0.2, 0) is 9.53 Å². The molecule has 6 heteroatoms. The predicted octanol–water partition coefficient (Wildman–Crippen LogP) is 5.37. The Hall–Kier alpha value is -2.99. The minimum absolute atomic E-state index is 0.102. The smallest absolute Gasteiger partial charge is 0.306 e. The first-order valence-corrected chi connectivity index (χ1v) is 10.7. The number of nitroso groups, excluding NO2 is 1. The average molecular weight is 423 g/mol. The molecule has 0 spiro atoms. The number of aliphatic hydroxyl groups is 1. The third kappa shape index (κ3) is 5.58. The molecule has 0 aliphatic heterocycles. The van der Waals surface area contributed by atoms with Gasteiger partial charge in [-0.25, -0.2) is 0 Å². The fourth-order valence-corrected chi connectivity index (χ4v) is 4.34. The number of ether oxygens (including phenoxy) is 1. The number of benzene rings is 1. The molecule has 5 atom stereocenters. The molecule has 1 saturated carbocycles. The lowest BCUT2D eigenvalue weighted by molar-refractivity contribution is -0.151. The van der Waals surface area contributed by atoms with Crippen molar-refractivity contribution in [1.82, 2.24) is 4.98 Å². The summed E-state index contributed by atoms with van der Waals surface area (Å²) in [7, 11) is 0. The summed E-state index contributed by atoms with van der Waals surface area (Å²) in [5, 5.41) is 15.0. The standard InChI is InChI=1S/C25H30N2O4/c1-3-5-6-12-25(29)31-24-16-21(27-30)18(19(24)9-4-2)13-14-23(28)22-15-17-10-7-8-11-20(17)26-22/h3-4,7-8,10-11,13-15,18-19,21,23-24,26,28H,1-2,5-6,9,12,16H2/b14-13+/t18-,19-,21-,23-,24+/m1/s1. The van der Waals surface area contributed by atoms with Gasteiger partial charge in [0.05, 0.1) is 0 Å². The Morgan fingerprint density at radius 3 is 2.84 bits per heavy atom. The molecule has 1 aliphatic carbocycles. The number of carbonyl (C=O) groups is 1. The number of rotatable bonds is 11. The Balaban J connectivity index is 1.72. The molecule has 0 saturated heterocycles. The number of esters is 1.